The van der Waals surface area contributed by atoms with Gasteiger partial charge in [0.15, 0.2) is 5.06 Å². The SMILES string of the molecule is CC1CCC(C=O)CC1.COCC(COC)N(C)c1ccc(Oc2sc(CN3CCCC(C)(F)C3)cc2C2CC2)cc1C(=O)O. The average Bonchev–Trinajstić information content (AvgIpc) is 3.78. The van der Waals surface area contributed by atoms with Gasteiger partial charge in [0, 0.05) is 50.7 Å². The van der Waals surface area contributed by atoms with E-state index in [-0.39, 0.29) is 11.6 Å². The number of benzene rings is 1. The Balaban J connectivity index is 0.000000440. The molecule has 0 radical (unpaired) electrons. The number of likely N-dealkylation sites (tertiary alicyclic amines) is 1. The van der Waals surface area contributed by atoms with Gasteiger partial charge in [-0.1, -0.05) is 19.8 Å². The lowest BCUT2D eigenvalue weighted by Gasteiger charge is -2.34. The number of carboxylic acid groups (broad SMARTS) is 1. The van der Waals surface area contributed by atoms with Crippen LogP contribution < -0.4 is 9.64 Å². The Labute approximate surface area is 271 Å². The second-order valence-corrected chi connectivity index (χ2v) is 14.5. The van der Waals surface area contributed by atoms with Crippen LogP contribution in [0, 0.1) is 11.8 Å². The first-order valence-electron chi connectivity index (χ1n) is 16.3. The van der Waals surface area contributed by atoms with Gasteiger partial charge >= 0.3 is 5.97 Å². The summed E-state index contributed by atoms with van der Waals surface area (Å²) in [7, 11) is 5.06. The van der Waals surface area contributed by atoms with E-state index in [0.29, 0.717) is 56.0 Å². The van der Waals surface area contributed by atoms with Crippen molar-refractivity contribution < 1.29 is 33.3 Å². The predicted octanol–water partition coefficient (Wildman–Crippen LogP) is 7.55. The van der Waals surface area contributed by atoms with Crippen LogP contribution in [0.4, 0.5) is 10.1 Å². The van der Waals surface area contributed by atoms with Crippen molar-refractivity contribution in [2.45, 2.75) is 89.4 Å². The largest absolute Gasteiger partial charge is 0.478 e. The number of methoxy groups -OCH3 is 2. The molecule has 2 heterocycles. The Morgan fingerprint density at radius 2 is 1.84 bits per heavy atom. The van der Waals surface area contributed by atoms with Crippen LogP contribution in [0.25, 0.3) is 0 Å². The van der Waals surface area contributed by atoms with Crippen molar-refractivity contribution in [3.63, 3.8) is 0 Å². The molecule has 1 aromatic carbocycles. The highest BCUT2D eigenvalue weighted by Gasteiger charge is 2.33. The lowest BCUT2D eigenvalue weighted by atomic mass is 9.84. The number of piperidine rings is 1. The van der Waals surface area contributed by atoms with E-state index < -0.39 is 11.6 Å². The highest BCUT2D eigenvalue weighted by Crippen LogP contribution is 2.49. The number of rotatable bonds is 13. The fourth-order valence-corrected chi connectivity index (χ4v) is 7.52. The molecule has 2 aromatic rings. The fraction of sp³-hybridized carbons (Fsp3) is 0.657. The molecule has 8 nitrogen and oxygen atoms in total. The highest BCUT2D eigenvalue weighted by molar-refractivity contribution is 7.14. The first-order chi connectivity index (χ1) is 21.5. The third-order valence-electron chi connectivity index (χ3n) is 9.21. The molecule has 3 aliphatic rings. The molecule has 2 aliphatic carbocycles. The minimum Gasteiger partial charge on any atom is -0.478 e. The van der Waals surface area contributed by atoms with E-state index in [1.807, 2.05) is 18.0 Å². The number of likely N-dealkylation sites (N-methyl/N-ethyl adjacent to an activating group) is 1. The van der Waals surface area contributed by atoms with Crippen molar-refractivity contribution in [1.29, 1.82) is 0 Å². The number of thiophene rings is 1. The summed E-state index contributed by atoms with van der Waals surface area (Å²) in [5.74, 6) is 1.20. The first-order valence-corrected chi connectivity index (χ1v) is 17.1. The van der Waals surface area contributed by atoms with E-state index in [4.69, 9.17) is 14.2 Å². The third-order valence-corrected chi connectivity index (χ3v) is 10.2. The smallest absolute Gasteiger partial charge is 0.337 e. The Morgan fingerprint density at radius 3 is 2.42 bits per heavy atom. The zero-order valence-electron chi connectivity index (χ0n) is 27.6. The number of halogens is 1. The van der Waals surface area contributed by atoms with Crippen LogP contribution in [-0.2, 0) is 20.8 Å². The maximum absolute atomic E-state index is 14.5. The highest BCUT2D eigenvalue weighted by atomic mass is 32.1. The summed E-state index contributed by atoms with van der Waals surface area (Å²) < 4.78 is 31.4. The van der Waals surface area contributed by atoms with Gasteiger partial charge in [0.25, 0.3) is 0 Å². The van der Waals surface area contributed by atoms with Crippen LogP contribution in [-0.4, -0.2) is 81.5 Å². The van der Waals surface area contributed by atoms with Crippen molar-refractivity contribution in [2.24, 2.45) is 11.8 Å². The molecule has 1 atom stereocenters. The van der Waals surface area contributed by atoms with Gasteiger partial charge in [-0.15, -0.1) is 11.3 Å². The van der Waals surface area contributed by atoms with Crippen LogP contribution in [0.5, 0.6) is 10.8 Å². The van der Waals surface area contributed by atoms with E-state index in [9.17, 15) is 19.1 Å². The number of alkyl halides is 1. The maximum atomic E-state index is 14.5. The number of aromatic carboxylic acids is 1. The van der Waals surface area contributed by atoms with E-state index in [0.717, 1.165) is 60.8 Å². The number of aldehydes is 1. The van der Waals surface area contributed by atoms with Crippen molar-refractivity contribution >= 4 is 29.3 Å². The molecule has 0 spiro atoms. The Hall–Kier alpha value is -2.53. The van der Waals surface area contributed by atoms with E-state index in [2.05, 4.69) is 17.9 Å². The van der Waals surface area contributed by atoms with Gasteiger partial charge in [0.2, 0.25) is 0 Å². The molecule has 0 bridgehead atoms. The molecule has 10 heteroatoms. The van der Waals surface area contributed by atoms with Gasteiger partial charge in [-0.3, -0.25) is 4.90 Å². The molecule has 2 saturated carbocycles. The molecule has 3 fully saturated rings. The van der Waals surface area contributed by atoms with Crippen molar-refractivity contribution in [2.75, 3.05) is 52.5 Å². The Bertz CT molecular complexity index is 1250. The maximum Gasteiger partial charge on any atom is 0.337 e. The summed E-state index contributed by atoms with van der Waals surface area (Å²) >= 11 is 1.58. The zero-order valence-corrected chi connectivity index (χ0v) is 28.4. The molecular formula is C35H51FN2O6S. The number of nitrogens with zero attached hydrogens (tertiary/aromatic N) is 2. The summed E-state index contributed by atoms with van der Waals surface area (Å²) in [5, 5.41) is 10.8. The standard InChI is InChI=1S/C27H37FN2O5S.C8H14O/c1-27(28)10-5-11-30(17-27)14-21-13-22(18-6-7-18)26(36-21)35-20-8-9-24(23(12-20)25(31)32)29(2)19(15-33-3)16-34-4;1-7-2-4-8(6-9)5-3-7/h8-9,12-13,18-19H,5-7,10-11,14-17H2,1-4H3,(H,31,32);6-8H,2-5H2,1H3. The Kier molecular flexibility index (Phi) is 12.8. The van der Waals surface area contributed by atoms with Crippen LogP contribution in [0.3, 0.4) is 0 Å². The van der Waals surface area contributed by atoms with E-state index >= 15 is 0 Å². The van der Waals surface area contributed by atoms with Gasteiger partial charge in [0.05, 0.1) is 30.5 Å². The molecule has 1 aliphatic heterocycles. The van der Waals surface area contributed by atoms with E-state index in [1.165, 1.54) is 18.4 Å². The lowest BCUT2D eigenvalue weighted by Crippen LogP contribution is -2.42. The minimum absolute atomic E-state index is 0.132. The lowest BCUT2D eigenvalue weighted by molar-refractivity contribution is -0.112. The van der Waals surface area contributed by atoms with Crippen LogP contribution in [0.1, 0.15) is 91.9 Å². The summed E-state index contributed by atoms with van der Waals surface area (Å²) in [5.41, 5.74) is 0.769. The van der Waals surface area contributed by atoms with E-state index in [1.54, 1.807) is 44.6 Å². The normalized spacial score (nSPS) is 23.7. The third kappa shape index (κ3) is 10.2. The molecule has 1 unspecified atom stereocenters. The number of carbonyl (C=O) groups is 2. The molecule has 250 valence electrons. The molecule has 1 N–H and O–H groups in total. The van der Waals surface area contributed by atoms with Crippen molar-refractivity contribution in [3.8, 4) is 10.8 Å². The topological polar surface area (TPSA) is 88.5 Å². The van der Waals surface area contributed by atoms with Gasteiger partial charge in [-0.05, 0) is 88.1 Å². The number of anilines is 1. The number of ether oxygens (including phenoxy) is 3. The molecular weight excluding hydrogens is 595 g/mol. The van der Waals surface area contributed by atoms with Crippen molar-refractivity contribution in [3.05, 3.63) is 40.3 Å². The van der Waals surface area contributed by atoms with Gasteiger partial charge in [0.1, 0.15) is 17.7 Å². The van der Waals surface area contributed by atoms with Gasteiger partial charge < -0.3 is 29.0 Å². The summed E-state index contributed by atoms with van der Waals surface area (Å²) in [6.07, 6.45) is 9.62. The van der Waals surface area contributed by atoms with Gasteiger partial charge in [-0.25, -0.2) is 9.18 Å². The molecule has 5 rings (SSSR count). The number of hydrogen-bond donors (Lipinski definition) is 1. The fourth-order valence-electron chi connectivity index (χ4n) is 6.37. The summed E-state index contributed by atoms with van der Waals surface area (Å²) in [6.45, 7) is 6.82. The molecule has 1 aromatic heterocycles. The quantitative estimate of drug-likeness (QED) is 0.223. The van der Waals surface area contributed by atoms with Crippen molar-refractivity contribution in [1.82, 2.24) is 4.90 Å². The molecule has 45 heavy (non-hydrogen) atoms. The minimum atomic E-state index is -1.14. The molecule has 1 saturated heterocycles. The summed E-state index contributed by atoms with van der Waals surface area (Å²) in [4.78, 5) is 27.6. The second-order valence-electron chi connectivity index (χ2n) is 13.4. The summed E-state index contributed by atoms with van der Waals surface area (Å²) in [6, 6.07) is 7.23. The predicted molar refractivity (Wildman–Crippen MR) is 177 cm³/mol. The second kappa shape index (κ2) is 16.3. The Morgan fingerprint density at radius 1 is 1.16 bits per heavy atom. The van der Waals surface area contributed by atoms with Crippen LogP contribution in [0.2, 0.25) is 0 Å². The monoisotopic (exact) mass is 646 g/mol. The average molecular weight is 647 g/mol. The number of carbonyl (C=O) groups excluding carboxylic acids is 1. The number of hydrogen-bond acceptors (Lipinski definition) is 8. The first kappa shape index (κ1) is 35.3. The molecule has 0 amide bonds. The van der Waals surface area contributed by atoms with Crippen LogP contribution >= 0.6 is 11.3 Å². The van der Waals surface area contributed by atoms with Crippen LogP contribution in [0.15, 0.2) is 24.3 Å². The van der Waals surface area contributed by atoms with Gasteiger partial charge in [-0.2, -0.15) is 0 Å². The number of carboxylic acids is 1. The zero-order chi connectivity index (χ0) is 32.6.